The highest BCUT2D eigenvalue weighted by Crippen LogP contribution is 2.15. The van der Waals surface area contributed by atoms with E-state index in [0.717, 1.165) is 16.7 Å². The van der Waals surface area contributed by atoms with Gasteiger partial charge >= 0.3 is 0 Å². The van der Waals surface area contributed by atoms with Gasteiger partial charge in [-0.25, -0.2) is 0 Å². The molecule has 1 amide bonds. The molecular weight excluding hydrogens is 230 g/mol. The fourth-order valence-electron chi connectivity index (χ4n) is 1.81. The Bertz CT molecular complexity index is 384. The highest BCUT2D eigenvalue weighted by molar-refractivity contribution is 5.96. The van der Waals surface area contributed by atoms with Crippen molar-refractivity contribution in [2.75, 3.05) is 33.4 Å². The molecule has 4 nitrogen and oxygen atoms in total. The molecule has 0 unspecified atom stereocenters. The lowest BCUT2D eigenvalue weighted by Crippen LogP contribution is -2.31. The van der Waals surface area contributed by atoms with Gasteiger partial charge in [-0.05, 0) is 25.0 Å². The molecule has 18 heavy (non-hydrogen) atoms. The quantitative estimate of drug-likeness (QED) is 0.777. The van der Waals surface area contributed by atoms with Crippen LogP contribution in [0.15, 0.2) is 18.2 Å². The Morgan fingerprint density at radius 2 is 1.89 bits per heavy atom. The first-order chi connectivity index (χ1) is 8.57. The minimum Gasteiger partial charge on any atom is -0.394 e. The molecule has 0 heterocycles. The lowest BCUT2D eigenvalue weighted by molar-refractivity contribution is 0.0617. The van der Waals surface area contributed by atoms with Crippen LogP contribution in [-0.2, 0) is 4.74 Å². The van der Waals surface area contributed by atoms with E-state index in [2.05, 4.69) is 0 Å². The molecule has 1 N–H and O–H groups in total. The summed E-state index contributed by atoms with van der Waals surface area (Å²) in [5, 5.41) is 8.59. The molecule has 0 saturated heterocycles. The van der Waals surface area contributed by atoms with Crippen molar-refractivity contribution in [1.82, 2.24) is 4.90 Å². The van der Waals surface area contributed by atoms with E-state index in [4.69, 9.17) is 9.84 Å². The average Bonchev–Trinajstić information content (AvgIpc) is 2.34. The van der Waals surface area contributed by atoms with E-state index < -0.39 is 0 Å². The van der Waals surface area contributed by atoms with Crippen LogP contribution in [0.2, 0.25) is 0 Å². The highest BCUT2D eigenvalue weighted by Gasteiger charge is 2.15. The van der Waals surface area contributed by atoms with Crippen molar-refractivity contribution in [1.29, 1.82) is 0 Å². The van der Waals surface area contributed by atoms with Crippen LogP contribution in [0.5, 0.6) is 0 Å². The van der Waals surface area contributed by atoms with Crippen molar-refractivity contribution in [3.8, 4) is 0 Å². The average molecular weight is 251 g/mol. The zero-order valence-corrected chi connectivity index (χ0v) is 11.3. The first-order valence-corrected chi connectivity index (χ1v) is 6.08. The summed E-state index contributed by atoms with van der Waals surface area (Å²) in [4.78, 5) is 13.9. The standard InChI is InChI=1S/C14H21NO3/c1-11-5-4-6-12(2)13(11)14(17)15(3)7-9-18-10-8-16/h4-6,16H,7-10H2,1-3H3. The van der Waals surface area contributed by atoms with Crippen molar-refractivity contribution in [2.45, 2.75) is 13.8 Å². The van der Waals surface area contributed by atoms with Gasteiger partial charge in [0, 0.05) is 19.2 Å². The van der Waals surface area contributed by atoms with Gasteiger partial charge in [0.1, 0.15) is 0 Å². The van der Waals surface area contributed by atoms with Gasteiger partial charge in [0.05, 0.1) is 19.8 Å². The van der Waals surface area contributed by atoms with E-state index in [1.807, 2.05) is 32.0 Å². The number of carbonyl (C=O) groups excluding carboxylic acids is 1. The number of aryl methyl sites for hydroxylation is 2. The summed E-state index contributed by atoms with van der Waals surface area (Å²) in [5.41, 5.74) is 2.74. The molecule has 0 aliphatic rings. The van der Waals surface area contributed by atoms with E-state index in [0.29, 0.717) is 19.8 Å². The second-order valence-corrected chi connectivity index (χ2v) is 4.33. The highest BCUT2D eigenvalue weighted by atomic mass is 16.5. The SMILES string of the molecule is Cc1cccc(C)c1C(=O)N(C)CCOCCO. The normalized spacial score (nSPS) is 10.4. The molecule has 0 atom stereocenters. The van der Waals surface area contributed by atoms with Crippen LogP contribution in [0.4, 0.5) is 0 Å². The molecule has 100 valence electrons. The van der Waals surface area contributed by atoms with E-state index in [-0.39, 0.29) is 12.5 Å². The van der Waals surface area contributed by atoms with Crippen molar-refractivity contribution >= 4 is 5.91 Å². The molecule has 0 bridgehead atoms. The smallest absolute Gasteiger partial charge is 0.254 e. The zero-order valence-electron chi connectivity index (χ0n) is 11.3. The minimum atomic E-state index is 0.00849. The summed E-state index contributed by atoms with van der Waals surface area (Å²) in [5.74, 6) is 0.0122. The number of ether oxygens (including phenoxy) is 1. The molecular formula is C14H21NO3. The second-order valence-electron chi connectivity index (χ2n) is 4.33. The van der Waals surface area contributed by atoms with Crippen molar-refractivity contribution in [3.63, 3.8) is 0 Å². The first kappa shape index (κ1) is 14.7. The topological polar surface area (TPSA) is 49.8 Å². The van der Waals surface area contributed by atoms with Gasteiger partial charge in [-0.15, -0.1) is 0 Å². The Hall–Kier alpha value is -1.39. The van der Waals surface area contributed by atoms with Gasteiger partial charge in [-0.3, -0.25) is 4.79 Å². The molecule has 1 rings (SSSR count). The molecule has 0 aliphatic carbocycles. The molecule has 0 radical (unpaired) electrons. The fraction of sp³-hybridized carbons (Fsp3) is 0.500. The molecule has 0 fully saturated rings. The predicted molar refractivity (Wildman–Crippen MR) is 70.8 cm³/mol. The Balaban J connectivity index is 2.63. The summed E-state index contributed by atoms with van der Waals surface area (Å²) in [6.07, 6.45) is 0. The van der Waals surface area contributed by atoms with Crippen LogP contribution in [0.1, 0.15) is 21.5 Å². The van der Waals surface area contributed by atoms with E-state index in [1.54, 1.807) is 11.9 Å². The number of benzene rings is 1. The summed E-state index contributed by atoms with van der Waals surface area (Å²) in [6.45, 7) is 5.16. The third-order valence-electron chi connectivity index (χ3n) is 2.85. The maximum atomic E-state index is 12.3. The molecule has 0 saturated carbocycles. The number of hydrogen-bond donors (Lipinski definition) is 1. The van der Waals surface area contributed by atoms with Gasteiger partial charge in [-0.1, -0.05) is 18.2 Å². The fourth-order valence-corrected chi connectivity index (χ4v) is 1.81. The summed E-state index contributed by atoms with van der Waals surface area (Å²) >= 11 is 0. The maximum absolute atomic E-state index is 12.3. The van der Waals surface area contributed by atoms with Gasteiger partial charge in [0.15, 0.2) is 0 Å². The number of hydrogen-bond acceptors (Lipinski definition) is 3. The molecule has 0 aromatic heterocycles. The van der Waals surface area contributed by atoms with Gasteiger partial charge in [0.25, 0.3) is 5.91 Å². The summed E-state index contributed by atoms with van der Waals surface area (Å²) in [6, 6.07) is 5.83. The number of nitrogens with zero attached hydrogens (tertiary/aromatic N) is 1. The summed E-state index contributed by atoms with van der Waals surface area (Å²) in [7, 11) is 1.76. The van der Waals surface area contributed by atoms with Crippen LogP contribution >= 0.6 is 0 Å². The number of aliphatic hydroxyl groups excluding tert-OH is 1. The zero-order chi connectivity index (χ0) is 13.5. The van der Waals surface area contributed by atoms with E-state index >= 15 is 0 Å². The Morgan fingerprint density at radius 1 is 1.28 bits per heavy atom. The largest absolute Gasteiger partial charge is 0.394 e. The van der Waals surface area contributed by atoms with Crippen LogP contribution in [0.3, 0.4) is 0 Å². The number of amides is 1. The van der Waals surface area contributed by atoms with E-state index in [9.17, 15) is 4.79 Å². The Kier molecular flexibility index (Phi) is 5.82. The number of likely N-dealkylation sites (N-methyl/N-ethyl adjacent to an activating group) is 1. The predicted octanol–water partition coefficient (Wildman–Crippen LogP) is 1.38. The van der Waals surface area contributed by atoms with E-state index in [1.165, 1.54) is 0 Å². The maximum Gasteiger partial charge on any atom is 0.254 e. The molecule has 1 aromatic carbocycles. The lowest BCUT2D eigenvalue weighted by atomic mass is 10.0. The van der Waals surface area contributed by atoms with Crippen molar-refractivity contribution in [2.24, 2.45) is 0 Å². The van der Waals surface area contributed by atoms with Crippen LogP contribution in [0.25, 0.3) is 0 Å². The lowest BCUT2D eigenvalue weighted by Gasteiger charge is -2.19. The minimum absolute atomic E-state index is 0.00849. The molecule has 1 aromatic rings. The Labute approximate surface area is 108 Å². The number of aliphatic hydroxyl groups is 1. The third kappa shape index (κ3) is 3.82. The monoisotopic (exact) mass is 251 g/mol. The summed E-state index contributed by atoms with van der Waals surface area (Å²) < 4.78 is 5.16. The molecule has 0 aliphatic heterocycles. The third-order valence-corrected chi connectivity index (χ3v) is 2.85. The van der Waals surface area contributed by atoms with Gasteiger partial charge in [-0.2, -0.15) is 0 Å². The van der Waals surface area contributed by atoms with Crippen LogP contribution in [0, 0.1) is 13.8 Å². The van der Waals surface area contributed by atoms with Crippen molar-refractivity contribution < 1.29 is 14.6 Å². The first-order valence-electron chi connectivity index (χ1n) is 6.08. The Morgan fingerprint density at radius 3 is 2.44 bits per heavy atom. The van der Waals surface area contributed by atoms with Crippen LogP contribution in [-0.4, -0.2) is 49.3 Å². The second kappa shape index (κ2) is 7.13. The number of rotatable bonds is 6. The van der Waals surface area contributed by atoms with Crippen LogP contribution < -0.4 is 0 Å². The molecule has 0 spiro atoms. The van der Waals surface area contributed by atoms with Gasteiger partial charge in [0.2, 0.25) is 0 Å². The molecule has 4 heteroatoms. The number of carbonyl (C=O) groups is 1. The van der Waals surface area contributed by atoms with Crippen molar-refractivity contribution in [3.05, 3.63) is 34.9 Å². The van der Waals surface area contributed by atoms with Gasteiger partial charge < -0.3 is 14.7 Å².